The van der Waals surface area contributed by atoms with Gasteiger partial charge in [0.05, 0.1) is 5.69 Å². The van der Waals surface area contributed by atoms with Crippen molar-refractivity contribution < 1.29 is 9.59 Å². The van der Waals surface area contributed by atoms with E-state index in [9.17, 15) is 9.59 Å². The molecule has 1 fully saturated rings. The predicted octanol–water partition coefficient (Wildman–Crippen LogP) is 4.14. The fourth-order valence-corrected chi connectivity index (χ4v) is 5.09. The molecule has 0 amide bonds. The van der Waals surface area contributed by atoms with Crippen LogP contribution >= 0.6 is 11.6 Å². The maximum Gasteiger partial charge on any atom is 0.198 e. The number of pyridine rings is 1. The molecule has 1 aromatic heterocycles. The second-order valence-electron chi connectivity index (χ2n) is 8.49. The number of Topliss-reactive ketones (excluding diaryl/α,β-unsaturated/α-hetero) is 2. The summed E-state index contributed by atoms with van der Waals surface area (Å²) in [4.78, 5) is 36.5. The summed E-state index contributed by atoms with van der Waals surface area (Å²) in [5, 5.41) is 0.756. The molecular weight excluding hydrogens is 422 g/mol. The quantitative estimate of drug-likeness (QED) is 0.565. The lowest BCUT2D eigenvalue weighted by molar-refractivity contribution is 0.0266. The molecule has 0 bridgehead atoms. The summed E-state index contributed by atoms with van der Waals surface area (Å²) in [6, 6.07) is 18.7. The summed E-state index contributed by atoms with van der Waals surface area (Å²) >= 11 is 6.35. The van der Waals surface area contributed by atoms with E-state index in [0.29, 0.717) is 29.9 Å². The van der Waals surface area contributed by atoms with Gasteiger partial charge in [0.25, 0.3) is 0 Å². The topological polar surface area (TPSA) is 53.5 Å². The van der Waals surface area contributed by atoms with E-state index in [2.05, 4.69) is 9.88 Å². The van der Waals surface area contributed by atoms with Gasteiger partial charge in [-0.25, -0.2) is 0 Å². The largest absolute Gasteiger partial charge is 0.296 e. The van der Waals surface area contributed by atoms with E-state index in [-0.39, 0.29) is 11.6 Å². The summed E-state index contributed by atoms with van der Waals surface area (Å²) in [5.74, 6) is -0.341. The van der Waals surface area contributed by atoms with E-state index in [4.69, 9.17) is 11.6 Å². The Morgan fingerprint density at radius 3 is 2.16 bits per heavy atom. The molecule has 1 aliphatic carbocycles. The highest BCUT2D eigenvalue weighted by Gasteiger charge is 2.59. The second-order valence-corrected chi connectivity index (χ2v) is 8.89. The van der Waals surface area contributed by atoms with E-state index in [1.165, 1.54) is 0 Å². The van der Waals surface area contributed by atoms with Gasteiger partial charge < -0.3 is 0 Å². The van der Waals surface area contributed by atoms with Crippen molar-refractivity contribution in [3.8, 4) is 0 Å². The number of carbonyl (C=O) groups is 2. The van der Waals surface area contributed by atoms with Gasteiger partial charge in [0, 0.05) is 55.1 Å². The van der Waals surface area contributed by atoms with Gasteiger partial charge in [-0.1, -0.05) is 54.1 Å². The molecule has 6 heteroatoms. The number of carbonyl (C=O) groups excluding carboxylic acids is 2. The minimum atomic E-state index is -1.40. The van der Waals surface area contributed by atoms with Gasteiger partial charge in [0.1, 0.15) is 0 Å². The number of rotatable bonds is 4. The van der Waals surface area contributed by atoms with Gasteiger partial charge in [-0.2, -0.15) is 0 Å². The maximum atomic E-state index is 13.8. The highest BCUT2D eigenvalue weighted by Crippen LogP contribution is 2.42. The van der Waals surface area contributed by atoms with Crippen LogP contribution in [0.1, 0.15) is 37.5 Å². The lowest BCUT2D eigenvalue weighted by atomic mass is 9.85. The van der Waals surface area contributed by atoms with Crippen molar-refractivity contribution in [3.63, 3.8) is 0 Å². The van der Waals surface area contributed by atoms with Crippen LogP contribution in [0.25, 0.3) is 0 Å². The van der Waals surface area contributed by atoms with Crippen molar-refractivity contribution in [1.82, 2.24) is 14.8 Å². The number of halogens is 1. The van der Waals surface area contributed by atoms with Crippen LogP contribution in [0.2, 0.25) is 5.02 Å². The number of hydrogen-bond donors (Lipinski definition) is 0. The number of aryl methyl sites for hydroxylation is 1. The molecule has 162 valence electrons. The first-order valence-corrected chi connectivity index (χ1v) is 11.2. The van der Waals surface area contributed by atoms with E-state index >= 15 is 0 Å². The third-order valence-electron chi connectivity index (χ3n) is 6.56. The molecule has 2 aliphatic rings. The Kier molecular flexibility index (Phi) is 5.41. The highest BCUT2D eigenvalue weighted by molar-refractivity contribution is 6.32. The van der Waals surface area contributed by atoms with Crippen LogP contribution in [0.5, 0.6) is 0 Å². The monoisotopic (exact) mass is 445 g/mol. The molecule has 0 spiro atoms. The Labute approximate surface area is 192 Å². The number of nitrogens with zero attached hydrogens (tertiary/aromatic N) is 3. The van der Waals surface area contributed by atoms with Gasteiger partial charge >= 0.3 is 0 Å². The van der Waals surface area contributed by atoms with Crippen LogP contribution in [0.15, 0.2) is 66.9 Å². The van der Waals surface area contributed by atoms with Crippen molar-refractivity contribution in [1.29, 1.82) is 0 Å². The molecule has 2 heterocycles. The van der Waals surface area contributed by atoms with Crippen LogP contribution in [-0.2, 0) is 12.1 Å². The second kappa shape index (κ2) is 8.24. The number of hydrogen-bond acceptors (Lipinski definition) is 5. The summed E-state index contributed by atoms with van der Waals surface area (Å²) in [6.45, 7) is 5.34. The average molecular weight is 446 g/mol. The molecule has 0 atom stereocenters. The number of fused-ring (bicyclic) bond motifs is 1. The minimum Gasteiger partial charge on any atom is -0.296 e. The zero-order chi connectivity index (χ0) is 22.3. The first kappa shape index (κ1) is 21.0. The number of piperazine rings is 1. The van der Waals surface area contributed by atoms with Crippen LogP contribution in [0.3, 0.4) is 0 Å². The fraction of sp³-hybridized carbons (Fsp3) is 0.269. The van der Waals surface area contributed by atoms with Crippen molar-refractivity contribution >= 4 is 23.2 Å². The third-order valence-corrected chi connectivity index (χ3v) is 6.93. The predicted molar refractivity (Wildman–Crippen MR) is 124 cm³/mol. The zero-order valence-corrected chi connectivity index (χ0v) is 18.7. The molecule has 0 saturated carbocycles. The van der Waals surface area contributed by atoms with Crippen molar-refractivity contribution in [2.45, 2.75) is 19.0 Å². The summed E-state index contributed by atoms with van der Waals surface area (Å²) < 4.78 is 0. The van der Waals surface area contributed by atoms with E-state index in [1.54, 1.807) is 18.3 Å². The lowest BCUT2D eigenvalue weighted by Crippen LogP contribution is -2.60. The van der Waals surface area contributed by atoms with Gasteiger partial charge in [-0.3, -0.25) is 24.4 Å². The third kappa shape index (κ3) is 3.28. The van der Waals surface area contributed by atoms with Crippen molar-refractivity contribution in [2.75, 3.05) is 26.2 Å². The van der Waals surface area contributed by atoms with Crippen LogP contribution in [-0.4, -0.2) is 52.5 Å². The Balaban J connectivity index is 1.48. The lowest BCUT2D eigenvalue weighted by Gasteiger charge is -2.43. The SMILES string of the molecule is Cc1ccnc(C2(N3CCN(Cc4ccccc4Cl)CC3)C(=O)c3ccccc3C2=O)c1. The number of benzene rings is 2. The molecule has 5 rings (SSSR count). The van der Waals surface area contributed by atoms with Gasteiger partial charge in [-0.15, -0.1) is 0 Å². The summed E-state index contributed by atoms with van der Waals surface area (Å²) in [5.41, 5.74) is 2.15. The van der Waals surface area contributed by atoms with Crippen molar-refractivity contribution in [2.24, 2.45) is 0 Å². The Bertz CT molecular complexity index is 1170. The molecule has 32 heavy (non-hydrogen) atoms. The molecule has 0 N–H and O–H groups in total. The van der Waals surface area contributed by atoms with Gasteiger partial charge in [0.2, 0.25) is 0 Å². The smallest absolute Gasteiger partial charge is 0.198 e. The van der Waals surface area contributed by atoms with E-state index < -0.39 is 5.54 Å². The summed E-state index contributed by atoms with van der Waals surface area (Å²) in [6.07, 6.45) is 1.68. The van der Waals surface area contributed by atoms with Gasteiger partial charge in [0.15, 0.2) is 17.1 Å². The Morgan fingerprint density at radius 2 is 1.53 bits per heavy atom. The standard InChI is InChI=1S/C26H24ClN3O2/c1-18-10-11-28-23(16-18)26(24(31)20-7-3-4-8-21(20)25(26)32)30-14-12-29(13-15-30)17-19-6-2-5-9-22(19)27/h2-11,16H,12-15,17H2,1H3. The highest BCUT2D eigenvalue weighted by atomic mass is 35.5. The zero-order valence-electron chi connectivity index (χ0n) is 17.9. The Hall–Kier alpha value is -2.86. The molecule has 1 saturated heterocycles. The van der Waals surface area contributed by atoms with Crippen molar-refractivity contribution in [3.05, 3.63) is 99.8 Å². The molecule has 0 radical (unpaired) electrons. The van der Waals surface area contributed by atoms with Crippen LogP contribution in [0.4, 0.5) is 0 Å². The molecule has 1 aliphatic heterocycles. The molecular formula is C26H24ClN3O2. The fourth-order valence-electron chi connectivity index (χ4n) is 4.90. The van der Waals surface area contributed by atoms with Crippen LogP contribution < -0.4 is 0 Å². The first-order valence-electron chi connectivity index (χ1n) is 10.8. The number of aromatic nitrogens is 1. The van der Waals surface area contributed by atoms with Crippen LogP contribution in [0, 0.1) is 6.92 Å². The summed E-state index contributed by atoms with van der Waals surface area (Å²) in [7, 11) is 0. The van der Waals surface area contributed by atoms with Gasteiger partial charge in [-0.05, 0) is 36.2 Å². The molecule has 2 aromatic carbocycles. The minimum absolute atomic E-state index is 0.171. The average Bonchev–Trinajstić information content (AvgIpc) is 3.04. The maximum absolute atomic E-state index is 13.8. The molecule has 5 nitrogen and oxygen atoms in total. The van der Waals surface area contributed by atoms with E-state index in [1.807, 2.05) is 60.4 Å². The normalized spacial score (nSPS) is 18.7. The molecule has 3 aromatic rings. The Morgan fingerprint density at radius 1 is 0.906 bits per heavy atom. The molecule has 0 unspecified atom stereocenters. The first-order chi connectivity index (χ1) is 15.5. The number of ketones is 2. The van der Waals surface area contributed by atoms with E-state index in [0.717, 1.165) is 35.8 Å².